The van der Waals surface area contributed by atoms with Crippen molar-refractivity contribution in [2.75, 3.05) is 43.5 Å². The van der Waals surface area contributed by atoms with Crippen molar-refractivity contribution in [1.29, 1.82) is 0 Å². The summed E-state index contributed by atoms with van der Waals surface area (Å²) < 4.78 is 5.19. The second kappa shape index (κ2) is 14.1. The number of nitrogens with one attached hydrogen (secondary N) is 2. The number of carbonyl (C=O) groups excluding carboxylic acids is 2. The minimum Gasteiger partial charge on any atom is -0.497 e. The lowest BCUT2D eigenvalue weighted by atomic mass is 10.0. The third kappa shape index (κ3) is 7.74. The quantitative estimate of drug-likeness (QED) is 0.256. The van der Waals surface area contributed by atoms with Gasteiger partial charge in [-0.05, 0) is 97.8 Å². The topological polar surface area (TPSA) is 106 Å². The Morgan fingerprint density at radius 2 is 1.71 bits per heavy atom. The number of aliphatic hydroxyl groups excluding tert-OH is 1. The van der Waals surface area contributed by atoms with E-state index < -0.39 is 5.91 Å². The highest BCUT2D eigenvalue weighted by atomic mass is 16.5. The molecule has 2 amide bonds. The van der Waals surface area contributed by atoms with Gasteiger partial charge in [0.1, 0.15) is 5.75 Å². The molecule has 0 atom stereocenters. The molecule has 3 aromatic rings. The maximum Gasteiger partial charge on any atom is 0.273 e. The third-order valence-corrected chi connectivity index (χ3v) is 7.87. The van der Waals surface area contributed by atoms with Crippen LogP contribution in [0.3, 0.4) is 0 Å². The number of aliphatic hydroxyl groups is 1. The summed E-state index contributed by atoms with van der Waals surface area (Å²) in [7, 11) is 1.61. The highest BCUT2D eigenvalue weighted by Crippen LogP contribution is 2.27. The lowest BCUT2D eigenvalue weighted by Crippen LogP contribution is -2.35. The Balaban J connectivity index is 1.32. The fourth-order valence-electron chi connectivity index (χ4n) is 5.43. The average molecular weight is 570 g/mol. The zero-order chi connectivity index (χ0) is 29.3. The molecular formula is C33H39N5O4. The first kappa shape index (κ1) is 29.3. The Kier molecular flexibility index (Phi) is 9.84. The molecule has 9 heteroatoms. The molecule has 3 aromatic carbocycles. The van der Waals surface area contributed by atoms with Gasteiger partial charge >= 0.3 is 0 Å². The summed E-state index contributed by atoms with van der Waals surface area (Å²) in [6, 6.07) is 20.5. The molecule has 5 rings (SSSR count). The van der Waals surface area contributed by atoms with Crippen LogP contribution in [0.4, 0.5) is 11.4 Å². The Morgan fingerprint density at radius 3 is 2.45 bits per heavy atom. The van der Waals surface area contributed by atoms with Crippen LogP contribution in [0.5, 0.6) is 5.75 Å². The first-order chi connectivity index (χ1) is 20.5. The lowest BCUT2D eigenvalue weighted by Gasteiger charge is -2.29. The highest BCUT2D eigenvalue weighted by molar-refractivity contribution is 6.09. The molecule has 42 heavy (non-hydrogen) atoms. The van der Waals surface area contributed by atoms with Crippen molar-refractivity contribution in [3.8, 4) is 5.75 Å². The molecule has 2 heterocycles. The number of amides is 2. The van der Waals surface area contributed by atoms with E-state index in [1.165, 1.54) is 6.42 Å². The van der Waals surface area contributed by atoms with Gasteiger partial charge in [0, 0.05) is 44.0 Å². The smallest absolute Gasteiger partial charge is 0.273 e. The number of rotatable bonds is 9. The summed E-state index contributed by atoms with van der Waals surface area (Å²) >= 11 is 0. The molecule has 2 aliphatic heterocycles. The summed E-state index contributed by atoms with van der Waals surface area (Å²) in [6.07, 6.45) is 6.31. The minimum atomic E-state index is -0.407. The van der Waals surface area contributed by atoms with E-state index in [4.69, 9.17) is 4.74 Å². The van der Waals surface area contributed by atoms with Gasteiger partial charge in [-0.25, -0.2) is 5.43 Å². The van der Waals surface area contributed by atoms with E-state index in [-0.39, 0.29) is 12.0 Å². The van der Waals surface area contributed by atoms with E-state index in [9.17, 15) is 14.7 Å². The first-order valence-electron chi connectivity index (χ1n) is 14.7. The van der Waals surface area contributed by atoms with Crippen LogP contribution in [0, 0.1) is 0 Å². The Labute approximate surface area is 247 Å². The van der Waals surface area contributed by atoms with Gasteiger partial charge in [0.25, 0.3) is 11.8 Å². The largest absolute Gasteiger partial charge is 0.497 e. The fourth-order valence-corrected chi connectivity index (χ4v) is 5.43. The lowest BCUT2D eigenvalue weighted by molar-refractivity contribution is 0.0792. The molecule has 3 N–H and O–H groups in total. The van der Waals surface area contributed by atoms with Gasteiger partial charge in [-0.15, -0.1) is 0 Å². The number of likely N-dealkylation sites (tertiary alicyclic amines) is 1. The summed E-state index contributed by atoms with van der Waals surface area (Å²) in [4.78, 5) is 31.3. The maximum absolute atomic E-state index is 13.4. The molecule has 2 saturated heterocycles. The molecule has 0 saturated carbocycles. The molecule has 0 unspecified atom stereocenters. The molecular weight excluding hydrogens is 530 g/mol. The Bertz CT molecular complexity index is 1390. The predicted octanol–water partition coefficient (Wildman–Crippen LogP) is 4.66. The van der Waals surface area contributed by atoms with Gasteiger partial charge in [-0.1, -0.05) is 12.1 Å². The fraction of sp³-hybridized carbons (Fsp3) is 0.364. The number of ether oxygens (including phenoxy) is 1. The number of nitrogens with zero attached hydrogens (tertiary/aromatic N) is 3. The third-order valence-electron chi connectivity index (χ3n) is 7.87. The van der Waals surface area contributed by atoms with Crippen molar-refractivity contribution < 1.29 is 19.4 Å². The van der Waals surface area contributed by atoms with Gasteiger partial charge in [-0.3, -0.25) is 14.5 Å². The molecule has 0 aromatic heterocycles. The second-order valence-electron chi connectivity index (χ2n) is 10.9. The highest BCUT2D eigenvalue weighted by Gasteiger charge is 2.20. The standard InChI is InChI=1S/C33H39N5O4/c1-42-29-11-8-24(9-12-29)22-34-36-33(41)30-21-27(38-16-3-2-4-17-38)10-13-31(30)35-32(40)26-7-5-6-25(20-26)23-37-18-14-28(39)15-19-37/h5-13,20-22,28,39H,2-4,14-19,23H2,1H3,(H,35,40)(H,36,41)/b34-22+. The predicted molar refractivity (Wildman–Crippen MR) is 165 cm³/mol. The van der Waals surface area contributed by atoms with Crippen molar-refractivity contribution in [3.05, 3.63) is 89.0 Å². The van der Waals surface area contributed by atoms with Crippen molar-refractivity contribution >= 4 is 29.4 Å². The van der Waals surface area contributed by atoms with Gasteiger partial charge in [0.15, 0.2) is 0 Å². The molecule has 2 aliphatic rings. The van der Waals surface area contributed by atoms with E-state index >= 15 is 0 Å². The Morgan fingerprint density at radius 1 is 0.952 bits per heavy atom. The summed E-state index contributed by atoms with van der Waals surface area (Å²) in [5.41, 5.74) is 6.71. The van der Waals surface area contributed by atoms with Crippen molar-refractivity contribution in [2.45, 2.75) is 44.8 Å². The van der Waals surface area contributed by atoms with Crippen LogP contribution < -0.4 is 20.4 Å². The van der Waals surface area contributed by atoms with Crippen LogP contribution in [0.25, 0.3) is 0 Å². The van der Waals surface area contributed by atoms with Gasteiger partial charge in [-0.2, -0.15) is 5.10 Å². The monoisotopic (exact) mass is 569 g/mol. The number of hydrazone groups is 1. The van der Waals surface area contributed by atoms with Crippen LogP contribution in [0.2, 0.25) is 0 Å². The zero-order valence-corrected chi connectivity index (χ0v) is 24.1. The van der Waals surface area contributed by atoms with Crippen LogP contribution >= 0.6 is 0 Å². The number of anilines is 2. The van der Waals surface area contributed by atoms with Gasteiger partial charge < -0.3 is 20.1 Å². The summed E-state index contributed by atoms with van der Waals surface area (Å²) in [6.45, 7) is 4.26. The molecule has 0 spiro atoms. The van der Waals surface area contributed by atoms with E-state index in [0.717, 1.165) is 81.0 Å². The molecule has 0 aliphatic carbocycles. The number of benzene rings is 3. The molecule has 2 fully saturated rings. The van der Waals surface area contributed by atoms with Gasteiger partial charge in [0.05, 0.1) is 30.7 Å². The second-order valence-corrected chi connectivity index (χ2v) is 10.9. The minimum absolute atomic E-state index is 0.223. The van der Waals surface area contributed by atoms with Crippen molar-refractivity contribution in [2.24, 2.45) is 5.10 Å². The SMILES string of the molecule is COc1ccc(/C=N/NC(=O)c2cc(N3CCCCC3)ccc2NC(=O)c2cccc(CN3CCC(O)CC3)c2)cc1. The number of methoxy groups -OCH3 is 1. The van der Waals surface area contributed by atoms with E-state index in [2.05, 4.69) is 25.6 Å². The van der Waals surface area contributed by atoms with E-state index in [1.807, 2.05) is 54.6 Å². The van der Waals surface area contributed by atoms with Crippen molar-refractivity contribution in [3.63, 3.8) is 0 Å². The number of carbonyl (C=O) groups is 2. The average Bonchev–Trinajstić information content (AvgIpc) is 3.03. The van der Waals surface area contributed by atoms with E-state index in [0.29, 0.717) is 16.8 Å². The van der Waals surface area contributed by atoms with Crippen LogP contribution in [-0.4, -0.2) is 67.4 Å². The summed E-state index contributed by atoms with van der Waals surface area (Å²) in [5.74, 6) is 0.0466. The van der Waals surface area contributed by atoms with Crippen molar-refractivity contribution in [1.82, 2.24) is 10.3 Å². The molecule has 220 valence electrons. The molecule has 9 nitrogen and oxygen atoms in total. The Hall–Kier alpha value is -4.21. The van der Waals surface area contributed by atoms with Gasteiger partial charge in [0.2, 0.25) is 0 Å². The molecule has 0 bridgehead atoms. The van der Waals surface area contributed by atoms with Crippen LogP contribution in [0.1, 0.15) is 63.9 Å². The maximum atomic E-state index is 13.4. The number of hydrogen-bond acceptors (Lipinski definition) is 7. The number of hydrogen-bond donors (Lipinski definition) is 3. The van der Waals surface area contributed by atoms with Crippen LogP contribution in [0.15, 0.2) is 71.8 Å². The zero-order valence-electron chi connectivity index (χ0n) is 24.1. The number of piperidine rings is 2. The normalized spacial score (nSPS) is 16.4. The van der Waals surface area contributed by atoms with Crippen LogP contribution in [-0.2, 0) is 6.54 Å². The first-order valence-corrected chi connectivity index (χ1v) is 14.7. The summed E-state index contributed by atoms with van der Waals surface area (Å²) in [5, 5.41) is 16.9. The molecule has 0 radical (unpaired) electrons. The van der Waals surface area contributed by atoms with E-state index in [1.54, 1.807) is 25.5 Å².